The number of carbonyl (C=O) groups excluding carboxylic acids is 6. The lowest BCUT2D eigenvalue weighted by atomic mass is 9.96. The first-order valence-corrected chi connectivity index (χ1v) is 10.1. The Balaban J connectivity index is 3.29. The molecule has 1 amide bonds. The van der Waals surface area contributed by atoms with Crippen LogP contribution in [0.25, 0.3) is 0 Å². The molecule has 174 valence electrons. The number of thioether (sulfide) groups is 1. The van der Waals surface area contributed by atoms with Crippen LogP contribution in [0.2, 0.25) is 0 Å². The van der Waals surface area contributed by atoms with Crippen LogP contribution in [0.5, 0.6) is 0 Å². The smallest absolute Gasteiger partial charge is 0.305 e. The van der Waals surface area contributed by atoms with Crippen molar-refractivity contribution in [2.75, 3.05) is 12.4 Å². The van der Waals surface area contributed by atoms with E-state index in [2.05, 4.69) is 5.32 Å². The first-order valence-electron chi connectivity index (χ1n) is 9.14. The summed E-state index contributed by atoms with van der Waals surface area (Å²) in [6.07, 6.45) is -5.31. The van der Waals surface area contributed by atoms with E-state index in [1.54, 1.807) is 0 Å². The van der Waals surface area contributed by atoms with Crippen LogP contribution in [0.4, 0.5) is 0 Å². The molecule has 0 saturated carbocycles. The Labute approximate surface area is 182 Å². The number of amides is 1. The molecular weight excluding hydrogens is 438 g/mol. The third kappa shape index (κ3) is 9.34. The monoisotopic (exact) mass is 463 g/mol. The predicted octanol–water partition coefficient (Wildman–Crippen LogP) is -0.535. The maximum Gasteiger partial charge on any atom is 0.305 e. The lowest BCUT2D eigenvalue weighted by molar-refractivity contribution is -0.270. The maximum absolute atomic E-state index is 12.3. The molecule has 13 heteroatoms. The summed E-state index contributed by atoms with van der Waals surface area (Å²) in [7, 11) is 0. The minimum absolute atomic E-state index is 0.263. The third-order valence-electron chi connectivity index (χ3n) is 3.72. The van der Waals surface area contributed by atoms with Crippen molar-refractivity contribution in [3.05, 3.63) is 0 Å². The van der Waals surface area contributed by atoms with Gasteiger partial charge in [-0.15, -0.1) is 0 Å². The minimum Gasteiger partial charge on any atom is -0.463 e. The van der Waals surface area contributed by atoms with Crippen LogP contribution in [-0.2, 0) is 52.5 Å². The van der Waals surface area contributed by atoms with E-state index in [-0.39, 0.29) is 10.9 Å². The molecule has 0 aromatic rings. The third-order valence-corrected chi connectivity index (χ3v) is 4.53. The molecule has 1 aliphatic rings. The molecule has 0 bridgehead atoms. The zero-order valence-corrected chi connectivity index (χ0v) is 18.5. The number of hydrogen-bond acceptors (Lipinski definition) is 12. The molecule has 1 fully saturated rings. The predicted molar refractivity (Wildman–Crippen MR) is 103 cm³/mol. The molecule has 1 saturated heterocycles. The summed E-state index contributed by atoms with van der Waals surface area (Å²) in [5, 5.41) is 2.18. The second-order valence-corrected chi connectivity index (χ2v) is 7.63. The Hall–Kier alpha value is -2.67. The highest BCUT2D eigenvalue weighted by Crippen LogP contribution is 2.28. The molecular formula is C18H25NO11S. The molecule has 0 aromatic heterocycles. The molecule has 0 spiro atoms. The lowest BCUT2D eigenvalue weighted by Crippen LogP contribution is -2.67. The van der Waals surface area contributed by atoms with Gasteiger partial charge in [0.15, 0.2) is 17.3 Å². The van der Waals surface area contributed by atoms with Crippen molar-refractivity contribution in [1.29, 1.82) is 0 Å². The van der Waals surface area contributed by atoms with Gasteiger partial charge in [-0.2, -0.15) is 0 Å². The molecule has 0 radical (unpaired) electrons. The zero-order valence-electron chi connectivity index (χ0n) is 17.7. The minimum atomic E-state index is -1.47. The number of esters is 4. The summed E-state index contributed by atoms with van der Waals surface area (Å²) >= 11 is 0.731. The SMILES string of the molecule is CC(=O)OC[C@H]1OC(OC(C)=O)[C@@H](NC(=O)CSC(C)=O)[C@@H](OC(C)=O)[C@@H]1OC(C)=O. The molecule has 31 heavy (non-hydrogen) atoms. The Bertz CT molecular complexity index is 725. The van der Waals surface area contributed by atoms with Crippen LogP contribution >= 0.6 is 11.8 Å². The number of ether oxygens (including phenoxy) is 5. The van der Waals surface area contributed by atoms with Crippen LogP contribution < -0.4 is 5.32 Å². The molecule has 1 aliphatic heterocycles. The van der Waals surface area contributed by atoms with Gasteiger partial charge in [0.2, 0.25) is 12.2 Å². The van der Waals surface area contributed by atoms with E-state index in [1.165, 1.54) is 6.92 Å². The first-order chi connectivity index (χ1) is 14.4. The van der Waals surface area contributed by atoms with E-state index < -0.39 is 67.0 Å². The van der Waals surface area contributed by atoms with E-state index in [9.17, 15) is 28.8 Å². The van der Waals surface area contributed by atoms with E-state index in [4.69, 9.17) is 23.7 Å². The molecule has 0 aromatic carbocycles. The first kappa shape index (κ1) is 26.4. The van der Waals surface area contributed by atoms with E-state index in [0.717, 1.165) is 39.5 Å². The standard InChI is InChI=1S/C18H25NO11S/c1-8(20)26-6-13-16(27-9(2)21)17(28-10(3)22)15(18(30-13)29-11(4)23)19-14(25)7-31-12(5)24/h13,15-18H,6-7H2,1-5H3,(H,19,25)/t13-,15+,16-,17-,18?/m1/s1. The number of nitrogens with one attached hydrogen (secondary N) is 1. The topological polar surface area (TPSA) is 161 Å². The summed E-state index contributed by atoms with van der Waals surface area (Å²) in [4.78, 5) is 69.6. The second kappa shape index (κ2) is 12.2. The summed E-state index contributed by atoms with van der Waals surface area (Å²) in [5.74, 6) is -3.89. The molecule has 5 atom stereocenters. The molecule has 1 rings (SSSR count). The second-order valence-electron chi connectivity index (χ2n) is 6.48. The highest BCUT2D eigenvalue weighted by atomic mass is 32.2. The number of carbonyl (C=O) groups is 6. The fourth-order valence-electron chi connectivity index (χ4n) is 2.71. The Morgan fingerprint density at radius 3 is 1.84 bits per heavy atom. The van der Waals surface area contributed by atoms with Crippen molar-refractivity contribution in [3.8, 4) is 0 Å². The fraction of sp³-hybridized carbons (Fsp3) is 0.667. The molecule has 12 nitrogen and oxygen atoms in total. The van der Waals surface area contributed by atoms with Gasteiger partial charge in [-0.1, -0.05) is 11.8 Å². The van der Waals surface area contributed by atoms with Gasteiger partial charge < -0.3 is 29.0 Å². The van der Waals surface area contributed by atoms with Gasteiger partial charge in [0.05, 0.1) is 5.75 Å². The largest absolute Gasteiger partial charge is 0.463 e. The maximum atomic E-state index is 12.3. The van der Waals surface area contributed by atoms with Crippen LogP contribution in [0.3, 0.4) is 0 Å². The Morgan fingerprint density at radius 2 is 1.35 bits per heavy atom. The highest BCUT2D eigenvalue weighted by Gasteiger charge is 2.52. The molecule has 1 heterocycles. The van der Waals surface area contributed by atoms with Gasteiger partial charge in [-0.25, -0.2) is 0 Å². The Morgan fingerprint density at radius 1 is 0.806 bits per heavy atom. The highest BCUT2D eigenvalue weighted by molar-refractivity contribution is 8.14. The quantitative estimate of drug-likeness (QED) is 0.362. The van der Waals surface area contributed by atoms with Crippen molar-refractivity contribution in [2.24, 2.45) is 0 Å². The average molecular weight is 463 g/mol. The van der Waals surface area contributed by atoms with Crippen molar-refractivity contribution in [3.63, 3.8) is 0 Å². The molecule has 1 N–H and O–H groups in total. The summed E-state index contributed by atoms with van der Waals surface area (Å²) < 4.78 is 26.2. The van der Waals surface area contributed by atoms with Gasteiger partial charge >= 0.3 is 23.9 Å². The van der Waals surface area contributed by atoms with Crippen LogP contribution in [0.1, 0.15) is 34.6 Å². The molecule has 1 unspecified atom stereocenters. The summed E-state index contributed by atoms with van der Waals surface area (Å²) in [6.45, 7) is 5.29. The zero-order chi connectivity index (χ0) is 23.7. The van der Waals surface area contributed by atoms with E-state index in [0.29, 0.717) is 0 Å². The molecule has 0 aliphatic carbocycles. The lowest BCUT2D eigenvalue weighted by Gasteiger charge is -2.44. The van der Waals surface area contributed by atoms with E-state index >= 15 is 0 Å². The van der Waals surface area contributed by atoms with Gasteiger partial charge in [0.1, 0.15) is 18.8 Å². The Kier molecular flexibility index (Phi) is 10.4. The van der Waals surface area contributed by atoms with Crippen LogP contribution in [-0.4, -0.2) is 77.9 Å². The summed E-state index contributed by atoms with van der Waals surface area (Å²) in [5.41, 5.74) is 0. The van der Waals surface area contributed by atoms with Crippen LogP contribution in [0.15, 0.2) is 0 Å². The fourth-order valence-corrected chi connectivity index (χ4v) is 3.13. The number of rotatable bonds is 8. The van der Waals surface area contributed by atoms with Crippen molar-refractivity contribution in [2.45, 2.75) is 65.3 Å². The summed E-state index contributed by atoms with van der Waals surface area (Å²) in [6, 6.07) is -1.29. The van der Waals surface area contributed by atoms with E-state index in [1.807, 2.05) is 0 Å². The van der Waals surface area contributed by atoms with Crippen molar-refractivity contribution >= 4 is 46.7 Å². The van der Waals surface area contributed by atoms with Gasteiger partial charge in [0, 0.05) is 34.6 Å². The van der Waals surface area contributed by atoms with Crippen LogP contribution in [0, 0.1) is 0 Å². The van der Waals surface area contributed by atoms with Gasteiger partial charge in [0.25, 0.3) is 0 Å². The van der Waals surface area contributed by atoms with Crippen molar-refractivity contribution in [1.82, 2.24) is 5.32 Å². The number of hydrogen-bond donors (Lipinski definition) is 1. The average Bonchev–Trinajstić information content (AvgIpc) is 2.62. The van der Waals surface area contributed by atoms with Crippen molar-refractivity contribution < 1.29 is 52.5 Å². The van der Waals surface area contributed by atoms with Gasteiger partial charge in [-0.3, -0.25) is 28.8 Å². The normalized spacial score (nSPS) is 25.0. The van der Waals surface area contributed by atoms with Gasteiger partial charge in [-0.05, 0) is 0 Å².